The van der Waals surface area contributed by atoms with E-state index in [2.05, 4.69) is 11.8 Å². The van der Waals surface area contributed by atoms with Crippen molar-refractivity contribution in [2.45, 2.75) is 44.9 Å². The van der Waals surface area contributed by atoms with Crippen molar-refractivity contribution in [2.24, 2.45) is 0 Å². The molecule has 0 radical (unpaired) electrons. The molecule has 0 aliphatic heterocycles. The predicted molar refractivity (Wildman–Crippen MR) is 51.0 cm³/mol. The molecule has 0 unspecified atom stereocenters. The lowest BCUT2D eigenvalue weighted by molar-refractivity contribution is 0.285. The van der Waals surface area contributed by atoms with E-state index in [9.17, 15) is 0 Å². The first-order valence-corrected chi connectivity index (χ1v) is 4.97. The van der Waals surface area contributed by atoms with Crippen molar-refractivity contribution in [1.82, 2.24) is 0 Å². The Morgan fingerprint density at radius 1 is 1.25 bits per heavy atom. The first kappa shape index (κ1) is 9.57. The van der Waals surface area contributed by atoms with Gasteiger partial charge in [-0.05, 0) is 56.6 Å². The Morgan fingerprint density at radius 3 is 2.67 bits per heavy atom. The molecule has 1 fully saturated rings. The zero-order valence-electron chi connectivity index (χ0n) is 7.68. The van der Waals surface area contributed by atoms with Crippen LogP contribution in [-0.2, 0) is 0 Å². The molecule has 1 nitrogen and oxygen atoms in total. The molecule has 1 aliphatic rings. The van der Waals surface area contributed by atoms with Crippen LogP contribution >= 0.6 is 0 Å². The van der Waals surface area contributed by atoms with Crippen molar-refractivity contribution < 1.29 is 5.11 Å². The van der Waals surface area contributed by atoms with Gasteiger partial charge in [0.05, 0.1) is 0 Å². The Balaban J connectivity index is 2.14. The minimum atomic E-state index is 0.324. The highest BCUT2D eigenvalue weighted by atomic mass is 16.2. The van der Waals surface area contributed by atoms with Gasteiger partial charge in [0, 0.05) is 6.61 Å². The van der Waals surface area contributed by atoms with E-state index in [1.165, 1.54) is 31.3 Å². The predicted octanol–water partition coefficient (Wildman–Crippen LogP) is 2.80. The monoisotopic (exact) mass is 166 g/mol. The second kappa shape index (κ2) is 6.05. The highest BCUT2D eigenvalue weighted by Crippen LogP contribution is 2.22. The second-order valence-corrected chi connectivity index (χ2v) is 3.38. The largest absolute Gasteiger partial charge is 0.396 e. The van der Waals surface area contributed by atoms with Crippen LogP contribution in [0.15, 0.2) is 17.4 Å². The standard InChI is InChI=1S/C11H18O/c12-10-6-2-1-3-7-11-8-4-5-9-11/h3,12H,1-2,4-6,8-10H2. The molecule has 0 bridgehead atoms. The van der Waals surface area contributed by atoms with Gasteiger partial charge < -0.3 is 5.11 Å². The summed E-state index contributed by atoms with van der Waals surface area (Å²) in [7, 11) is 0. The van der Waals surface area contributed by atoms with Gasteiger partial charge in [-0.25, -0.2) is 0 Å². The minimum Gasteiger partial charge on any atom is -0.396 e. The summed E-state index contributed by atoms with van der Waals surface area (Å²) in [5, 5.41) is 8.54. The normalized spacial score (nSPS) is 16.2. The molecule has 0 spiro atoms. The maximum Gasteiger partial charge on any atom is 0.0431 e. The van der Waals surface area contributed by atoms with Gasteiger partial charge in [0.1, 0.15) is 0 Å². The molecule has 0 aromatic rings. The van der Waals surface area contributed by atoms with Crippen LogP contribution in [-0.4, -0.2) is 11.7 Å². The summed E-state index contributed by atoms with van der Waals surface area (Å²) >= 11 is 0. The van der Waals surface area contributed by atoms with Crippen molar-refractivity contribution in [3.05, 3.63) is 17.4 Å². The Hall–Kier alpha value is -0.520. The fourth-order valence-corrected chi connectivity index (χ4v) is 1.52. The molecular weight excluding hydrogens is 148 g/mol. The smallest absolute Gasteiger partial charge is 0.0431 e. The Morgan fingerprint density at radius 2 is 2.00 bits per heavy atom. The third-order valence-electron chi connectivity index (χ3n) is 2.27. The van der Waals surface area contributed by atoms with Crippen LogP contribution < -0.4 is 0 Å². The molecule has 68 valence electrons. The van der Waals surface area contributed by atoms with Crippen molar-refractivity contribution in [3.8, 4) is 0 Å². The van der Waals surface area contributed by atoms with Crippen LogP contribution in [0.1, 0.15) is 44.9 Å². The lowest BCUT2D eigenvalue weighted by Gasteiger charge is -1.89. The zero-order chi connectivity index (χ0) is 8.65. The number of hydrogen-bond acceptors (Lipinski definition) is 1. The zero-order valence-corrected chi connectivity index (χ0v) is 7.68. The Labute approximate surface area is 74.8 Å². The van der Waals surface area contributed by atoms with Crippen molar-refractivity contribution in [2.75, 3.05) is 6.61 Å². The van der Waals surface area contributed by atoms with Gasteiger partial charge >= 0.3 is 0 Å². The summed E-state index contributed by atoms with van der Waals surface area (Å²) in [6.45, 7) is 0.324. The average Bonchev–Trinajstić information content (AvgIpc) is 2.57. The minimum absolute atomic E-state index is 0.324. The van der Waals surface area contributed by atoms with Gasteiger partial charge in [-0.15, -0.1) is 5.73 Å². The number of aliphatic hydroxyl groups is 1. The van der Waals surface area contributed by atoms with Crippen LogP contribution in [0.5, 0.6) is 0 Å². The number of unbranched alkanes of at least 4 members (excludes halogenated alkanes) is 2. The van der Waals surface area contributed by atoms with E-state index in [1.54, 1.807) is 0 Å². The molecule has 0 atom stereocenters. The summed E-state index contributed by atoms with van der Waals surface area (Å²) in [5.74, 6) is 0. The lowest BCUT2D eigenvalue weighted by Crippen LogP contribution is -1.79. The molecule has 1 N–H and O–H groups in total. The van der Waals surface area contributed by atoms with Crippen molar-refractivity contribution in [1.29, 1.82) is 0 Å². The fraction of sp³-hybridized carbons (Fsp3) is 0.727. The van der Waals surface area contributed by atoms with Gasteiger partial charge in [0.25, 0.3) is 0 Å². The molecule has 1 heteroatoms. The third-order valence-corrected chi connectivity index (χ3v) is 2.27. The lowest BCUT2D eigenvalue weighted by atomic mass is 10.2. The summed E-state index contributed by atoms with van der Waals surface area (Å²) in [5.41, 5.74) is 4.85. The molecule has 12 heavy (non-hydrogen) atoms. The van der Waals surface area contributed by atoms with Gasteiger partial charge in [0.2, 0.25) is 0 Å². The van der Waals surface area contributed by atoms with E-state index in [4.69, 9.17) is 5.11 Å². The summed E-state index contributed by atoms with van der Waals surface area (Å²) in [6.07, 6.45) is 10.5. The molecule has 0 amide bonds. The molecule has 0 aromatic heterocycles. The number of hydrogen-bond donors (Lipinski definition) is 1. The van der Waals surface area contributed by atoms with E-state index in [1.807, 2.05) is 0 Å². The van der Waals surface area contributed by atoms with Crippen molar-refractivity contribution in [3.63, 3.8) is 0 Å². The topological polar surface area (TPSA) is 20.2 Å². The van der Waals surface area contributed by atoms with Crippen LogP contribution in [0.2, 0.25) is 0 Å². The Kier molecular flexibility index (Phi) is 4.82. The molecule has 1 aliphatic carbocycles. The van der Waals surface area contributed by atoms with Gasteiger partial charge in [-0.2, -0.15) is 0 Å². The molecule has 1 saturated carbocycles. The van der Waals surface area contributed by atoms with E-state index in [0.717, 1.165) is 19.3 Å². The van der Waals surface area contributed by atoms with E-state index < -0.39 is 0 Å². The Bertz CT molecular complexity index is 167. The number of aliphatic hydroxyl groups excluding tert-OH is 1. The highest BCUT2D eigenvalue weighted by molar-refractivity contribution is 5.05. The van der Waals surface area contributed by atoms with Crippen LogP contribution in [0.25, 0.3) is 0 Å². The SMILES string of the molecule is OCCCCC=C=C1CCCC1. The van der Waals surface area contributed by atoms with Crippen molar-refractivity contribution >= 4 is 0 Å². The number of rotatable bonds is 4. The molecule has 0 saturated heterocycles. The molecular formula is C11H18O. The number of allylic oxidation sites excluding steroid dienone is 1. The summed E-state index contributed by atoms with van der Waals surface area (Å²) < 4.78 is 0. The fourth-order valence-electron chi connectivity index (χ4n) is 1.52. The van der Waals surface area contributed by atoms with Gasteiger partial charge in [-0.3, -0.25) is 0 Å². The van der Waals surface area contributed by atoms with Gasteiger partial charge in [0.15, 0.2) is 0 Å². The average molecular weight is 166 g/mol. The van der Waals surface area contributed by atoms with Crippen LogP contribution in [0.4, 0.5) is 0 Å². The maximum absolute atomic E-state index is 8.54. The van der Waals surface area contributed by atoms with Gasteiger partial charge in [-0.1, -0.05) is 0 Å². The first-order chi connectivity index (χ1) is 5.93. The summed E-state index contributed by atoms with van der Waals surface area (Å²) in [4.78, 5) is 0. The van der Waals surface area contributed by atoms with E-state index in [-0.39, 0.29) is 0 Å². The van der Waals surface area contributed by atoms with Crippen LogP contribution in [0, 0.1) is 0 Å². The second-order valence-electron chi connectivity index (χ2n) is 3.38. The molecule has 1 rings (SSSR count). The van der Waals surface area contributed by atoms with E-state index in [0.29, 0.717) is 6.61 Å². The van der Waals surface area contributed by atoms with E-state index >= 15 is 0 Å². The third kappa shape index (κ3) is 3.75. The molecule has 0 aromatic carbocycles. The first-order valence-electron chi connectivity index (χ1n) is 4.97. The summed E-state index contributed by atoms with van der Waals surface area (Å²) in [6, 6.07) is 0. The molecule has 0 heterocycles. The van der Waals surface area contributed by atoms with Crippen LogP contribution in [0.3, 0.4) is 0 Å². The quantitative estimate of drug-likeness (QED) is 0.503. The maximum atomic E-state index is 8.54. The highest BCUT2D eigenvalue weighted by Gasteiger charge is 2.03.